The molecule has 48 heavy (non-hydrogen) atoms. The van der Waals surface area contributed by atoms with Gasteiger partial charge in [-0.05, 0) is 85.5 Å². The average molecular weight is 661 g/mol. The summed E-state index contributed by atoms with van der Waals surface area (Å²) in [6.07, 6.45) is 1.15. The summed E-state index contributed by atoms with van der Waals surface area (Å²) in [4.78, 5) is 18.4. The second-order valence-electron chi connectivity index (χ2n) is 14.3. The summed E-state index contributed by atoms with van der Waals surface area (Å²) >= 11 is 0. The van der Waals surface area contributed by atoms with Gasteiger partial charge in [-0.25, -0.2) is 0 Å². The van der Waals surface area contributed by atoms with Crippen LogP contribution >= 0.6 is 0 Å². The molecule has 2 unspecified atom stereocenters. The third-order valence-electron chi connectivity index (χ3n) is 11.2. The molecule has 2 aliphatic heterocycles. The summed E-state index contributed by atoms with van der Waals surface area (Å²) in [7, 11) is 1.62. The fourth-order valence-corrected chi connectivity index (χ4v) is 9.12. The normalized spacial score (nSPS) is 27.5. The minimum absolute atomic E-state index is 0.107. The van der Waals surface area contributed by atoms with Gasteiger partial charge in [0.15, 0.2) is 11.5 Å². The number of carbonyl (C=O) groups excluding carboxylic acids is 1. The average Bonchev–Trinajstić information content (AvgIpc) is 3.42. The van der Waals surface area contributed by atoms with Crippen molar-refractivity contribution in [2.75, 3.05) is 26.7 Å². The number of methoxy groups -OCH3 is 1. The Labute approximate surface area is 280 Å². The Balaban J connectivity index is 1.24. The fraction of sp³-hybridized carbons (Fsp3) is 0.462. The molecule has 2 fully saturated rings. The third kappa shape index (κ3) is 5.30. The minimum atomic E-state index is -4.47. The van der Waals surface area contributed by atoms with E-state index in [4.69, 9.17) is 9.47 Å². The number of hydrogen-bond donors (Lipinski definition) is 1. The summed E-state index contributed by atoms with van der Waals surface area (Å²) in [6.45, 7) is 6.15. The van der Waals surface area contributed by atoms with E-state index in [0.29, 0.717) is 49.3 Å². The maximum absolute atomic E-state index is 14.1. The van der Waals surface area contributed by atoms with E-state index in [2.05, 4.69) is 35.2 Å². The van der Waals surface area contributed by atoms with Crippen molar-refractivity contribution in [1.82, 2.24) is 9.80 Å². The maximum Gasteiger partial charge on any atom is 0.416 e. The second kappa shape index (κ2) is 12.3. The van der Waals surface area contributed by atoms with Gasteiger partial charge in [-0.15, -0.1) is 0 Å². The lowest BCUT2D eigenvalue weighted by Crippen LogP contribution is -2.78. The predicted molar refractivity (Wildman–Crippen MR) is 178 cm³/mol. The molecule has 0 radical (unpaired) electrons. The Hall–Kier alpha value is -3.82. The van der Waals surface area contributed by atoms with Gasteiger partial charge < -0.3 is 19.5 Å². The highest BCUT2D eigenvalue weighted by atomic mass is 19.4. The van der Waals surface area contributed by atoms with Crippen LogP contribution in [0.3, 0.4) is 0 Å². The van der Waals surface area contributed by atoms with E-state index in [1.807, 2.05) is 30.9 Å². The summed E-state index contributed by atoms with van der Waals surface area (Å²) in [5, 5.41) is 13.0. The van der Waals surface area contributed by atoms with E-state index >= 15 is 0 Å². The Morgan fingerprint density at radius 1 is 1.12 bits per heavy atom. The summed E-state index contributed by atoms with van der Waals surface area (Å²) < 4.78 is 52.8. The first-order chi connectivity index (χ1) is 23.0. The molecule has 6 nitrogen and oxygen atoms in total. The lowest BCUT2D eigenvalue weighted by atomic mass is 9.48. The number of amides is 1. The van der Waals surface area contributed by atoms with Crippen molar-refractivity contribution in [2.24, 2.45) is 5.92 Å². The lowest BCUT2D eigenvalue weighted by molar-refractivity contribution is -0.201. The molecule has 1 saturated carbocycles. The van der Waals surface area contributed by atoms with Crippen LogP contribution < -0.4 is 9.47 Å². The summed E-state index contributed by atoms with van der Waals surface area (Å²) in [5.41, 5.74) is 1.17. The van der Waals surface area contributed by atoms with Gasteiger partial charge in [0, 0.05) is 30.8 Å². The molecule has 1 N–H and O–H groups in total. The second-order valence-corrected chi connectivity index (χ2v) is 14.3. The number of benzene rings is 3. The van der Waals surface area contributed by atoms with Crippen LogP contribution in [0, 0.1) is 5.92 Å². The number of ether oxygens (including phenoxy) is 2. The highest BCUT2D eigenvalue weighted by Crippen LogP contribution is 2.66. The Bertz CT molecular complexity index is 1710. The molecule has 2 aliphatic carbocycles. The van der Waals surface area contributed by atoms with Crippen LogP contribution in [0.15, 0.2) is 72.8 Å². The zero-order chi connectivity index (χ0) is 33.8. The van der Waals surface area contributed by atoms with Crippen LogP contribution in [-0.2, 0) is 29.2 Å². The molecule has 7 rings (SSSR count). The van der Waals surface area contributed by atoms with Gasteiger partial charge >= 0.3 is 6.18 Å². The van der Waals surface area contributed by atoms with Gasteiger partial charge in [-0.3, -0.25) is 9.69 Å². The molecule has 2 bridgehead atoms. The molecular weight excluding hydrogens is 617 g/mol. The molecule has 9 heteroatoms. The first-order valence-corrected chi connectivity index (χ1v) is 17.0. The van der Waals surface area contributed by atoms with Gasteiger partial charge in [0.25, 0.3) is 0 Å². The molecule has 0 aromatic heterocycles. The van der Waals surface area contributed by atoms with Crippen molar-refractivity contribution in [3.63, 3.8) is 0 Å². The van der Waals surface area contributed by atoms with Crippen molar-refractivity contribution in [2.45, 2.75) is 81.3 Å². The van der Waals surface area contributed by atoms with Gasteiger partial charge in [0.2, 0.25) is 5.91 Å². The number of hydrogen-bond acceptors (Lipinski definition) is 5. The van der Waals surface area contributed by atoms with Crippen LogP contribution in [0.1, 0.15) is 60.9 Å². The van der Waals surface area contributed by atoms with Crippen molar-refractivity contribution in [3.8, 4) is 11.5 Å². The molecule has 3 aromatic carbocycles. The zero-order valence-corrected chi connectivity index (χ0v) is 27.7. The Morgan fingerprint density at radius 3 is 2.65 bits per heavy atom. The zero-order valence-electron chi connectivity index (χ0n) is 27.7. The van der Waals surface area contributed by atoms with Crippen molar-refractivity contribution in [1.29, 1.82) is 0 Å². The maximum atomic E-state index is 14.1. The molecule has 1 saturated heterocycles. The highest BCUT2D eigenvalue weighted by molar-refractivity contribution is 5.92. The van der Waals surface area contributed by atoms with E-state index in [-0.39, 0.29) is 23.9 Å². The van der Waals surface area contributed by atoms with Crippen LogP contribution in [-0.4, -0.2) is 71.3 Å². The quantitative estimate of drug-likeness (QED) is 0.260. The number of aliphatic hydroxyl groups is 1. The van der Waals surface area contributed by atoms with E-state index in [1.165, 1.54) is 23.8 Å². The van der Waals surface area contributed by atoms with Crippen LogP contribution in [0.25, 0.3) is 6.08 Å². The van der Waals surface area contributed by atoms with Gasteiger partial charge in [0.1, 0.15) is 6.10 Å². The molecular formula is C39H43F3N2O4. The molecule has 254 valence electrons. The van der Waals surface area contributed by atoms with Crippen LogP contribution in [0.5, 0.6) is 11.5 Å². The molecule has 4 aliphatic rings. The Kier molecular flexibility index (Phi) is 8.35. The Morgan fingerprint density at radius 2 is 1.92 bits per heavy atom. The highest BCUT2D eigenvalue weighted by Gasteiger charge is 2.73. The molecule has 1 amide bonds. The first-order valence-electron chi connectivity index (χ1n) is 17.0. The number of alkyl halides is 3. The molecule has 3 aromatic rings. The van der Waals surface area contributed by atoms with Gasteiger partial charge in [-0.1, -0.05) is 62.4 Å². The monoisotopic (exact) mass is 660 g/mol. The van der Waals surface area contributed by atoms with E-state index in [0.717, 1.165) is 42.8 Å². The number of carbonyl (C=O) groups is 1. The van der Waals surface area contributed by atoms with E-state index in [1.54, 1.807) is 13.2 Å². The number of halogens is 3. The van der Waals surface area contributed by atoms with Crippen molar-refractivity contribution >= 4 is 12.0 Å². The number of rotatable bonds is 9. The molecule has 5 atom stereocenters. The standard InChI is InChI=1S/C39H43F3N2O4/c1-25(2)24-44(33(45)15-12-27-10-7-11-29(22-27)39(40,41)42)30-16-18-38(46)32-23-28-13-14-31(47-3)35-34(28)37(38,36(30)48-35)19-21-43(32)20-17-26-8-5-4-6-9-26/h4-15,22,25,30,32,36,46H,16-21,23-24H2,1-3H3/b15-12+/t30?,32-,36?,37+,38-/m1/s1. The first kappa shape index (κ1) is 32.7. The number of likely N-dealkylation sites (tertiary alicyclic amines) is 1. The topological polar surface area (TPSA) is 62.2 Å². The van der Waals surface area contributed by atoms with Gasteiger partial charge in [0.05, 0.1) is 29.7 Å². The number of piperidine rings is 1. The smallest absolute Gasteiger partial charge is 0.416 e. The minimum Gasteiger partial charge on any atom is -0.493 e. The SMILES string of the molecule is COc1ccc2c3c1OC1C(N(CC(C)C)C(=O)/C=C/c4cccc(C(F)(F)F)c4)CC[C@@]4(O)[C@@H](C2)N(CCc2ccccc2)CC[C@]314. The van der Waals surface area contributed by atoms with Crippen LogP contribution in [0.2, 0.25) is 0 Å². The van der Waals surface area contributed by atoms with E-state index < -0.39 is 28.9 Å². The van der Waals surface area contributed by atoms with Gasteiger partial charge in [-0.2, -0.15) is 13.2 Å². The van der Waals surface area contributed by atoms with Crippen LogP contribution in [0.4, 0.5) is 13.2 Å². The molecule has 2 heterocycles. The van der Waals surface area contributed by atoms with Crippen molar-refractivity contribution < 1.29 is 32.5 Å². The van der Waals surface area contributed by atoms with Crippen molar-refractivity contribution in [3.05, 3.63) is 101 Å². The summed E-state index contributed by atoms with van der Waals surface area (Å²) in [5.74, 6) is 1.13. The number of nitrogens with zero attached hydrogens (tertiary/aromatic N) is 2. The predicted octanol–water partition coefficient (Wildman–Crippen LogP) is 6.68. The lowest BCUT2D eigenvalue weighted by Gasteiger charge is -2.65. The largest absolute Gasteiger partial charge is 0.493 e. The third-order valence-corrected chi connectivity index (χ3v) is 11.2. The molecule has 1 spiro atoms. The fourth-order valence-electron chi connectivity index (χ4n) is 9.12. The van der Waals surface area contributed by atoms with E-state index in [9.17, 15) is 23.1 Å². The summed E-state index contributed by atoms with van der Waals surface area (Å²) in [6, 6.07) is 19.0.